The van der Waals surface area contributed by atoms with Crippen molar-refractivity contribution in [1.29, 1.82) is 10.5 Å². The SMILES string of the molecule is CCc1nnc(-c2cccc(NC=C(C#N)C#N)c2)o1. The van der Waals surface area contributed by atoms with Crippen LogP contribution in [0.2, 0.25) is 0 Å². The maximum absolute atomic E-state index is 8.65. The van der Waals surface area contributed by atoms with Crippen molar-refractivity contribution >= 4 is 5.69 Å². The Kier molecular flexibility index (Phi) is 4.10. The predicted octanol–water partition coefficient (Wildman–Crippen LogP) is 2.64. The summed E-state index contributed by atoms with van der Waals surface area (Å²) in [6, 6.07) is 10.8. The van der Waals surface area contributed by atoms with E-state index in [2.05, 4.69) is 15.5 Å². The Morgan fingerprint density at radius 3 is 2.80 bits per heavy atom. The Labute approximate surface area is 116 Å². The molecule has 0 saturated carbocycles. The first kappa shape index (κ1) is 13.3. The van der Waals surface area contributed by atoms with Crippen LogP contribution in [0.4, 0.5) is 5.69 Å². The highest BCUT2D eigenvalue weighted by Gasteiger charge is 2.07. The number of nitrogens with zero attached hydrogens (tertiary/aromatic N) is 4. The van der Waals surface area contributed by atoms with Gasteiger partial charge >= 0.3 is 0 Å². The molecule has 0 aliphatic rings. The molecule has 0 saturated heterocycles. The highest BCUT2D eigenvalue weighted by Crippen LogP contribution is 2.21. The van der Waals surface area contributed by atoms with Gasteiger partial charge in [-0.1, -0.05) is 13.0 Å². The molecule has 0 spiro atoms. The van der Waals surface area contributed by atoms with Crippen molar-refractivity contribution in [2.75, 3.05) is 5.32 Å². The fourth-order valence-corrected chi connectivity index (χ4v) is 1.50. The molecule has 0 atom stereocenters. The lowest BCUT2D eigenvalue weighted by atomic mass is 10.2. The summed E-state index contributed by atoms with van der Waals surface area (Å²) in [4.78, 5) is 0. The van der Waals surface area contributed by atoms with Crippen molar-refractivity contribution < 1.29 is 4.42 Å². The molecule has 1 N–H and O–H groups in total. The van der Waals surface area contributed by atoms with E-state index < -0.39 is 0 Å². The lowest BCUT2D eigenvalue weighted by molar-refractivity contribution is 0.513. The molecule has 0 bridgehead atoms. The van der Waals surface area contributed by atoms with Crippen LogP contribution in [0.25, 0.3) is 11.5 Å². The topological polar surface area (TPSA) is 98.5 Å². The number of hydrogen-bond acceptors (Lipinski definition) is 6. The summed E-state index contributed by atoms with van der Waals surface area (Å²) >= 11 is 0. The molecule has 0 aliphatic carbocycles. The van der Waals surface area contributed by atoms with Gasteiger partial charge in [-0.25, -0.2) is 0 Å². The second-order valence-electron chi connectivity index (χ2n) is 3.86. The number of aryl methyl sites for hydroxylation is 1. The van der Waals surface area contributed by atoms with Gasteiger partial charge in [0.15, 0.2) is 0 Å². The van der Waals surface area contributed by atoms with E-state index in [1.807, 2.05) is 25.1 Å². The summed E-state index contributed by atoms with van der Waals surface area (Å²) < 4.78 is 5.47. The number of nitriles is 2. The molecule has 0 radical (unpaired) electrons. The van der Waals surface area contributed by atoms with Crippen molar-refractivity contribution in [3.05, 3.63) is 41.9 Å². The van der Waals surface area contributed by atoms with Crippen LogP contribution >= 0.6 is 0 Å². The van der Waals surface area contributed by atoms with E-state index in [1.54, 1.807) is 18.2 Å². The van der Waals surface area contributed by atoms with Gasteiger partial charge in [0.2, 0.25) is 11.8 Å². The van der Waals surface area contributed by atoms with E-state index in [1.165, 1.54) is 6.20 Å². The van der Waals surface area contributed by atoms with Gasteiger partial charge < -0.3 is 9.73 Å². The van der Waals surface area contributed by atoms with Gasteiger partial charge in [0, 0.05) is 23.9 Å². The van der Waals surface area contributed by atoms with Gasteiger partial charge in [-0.2, -0.15) is 10.5 Å². The summed E-state index contributed by atoms with van der Waals surface area (Å²) in [5.74, 6) is 1.02. The fourth-order valence-electron chi connectivity index (χ4n) is 1.50. The summed E-state index contributed by atoms with van der Waals surface area (Å²) in [5, 5.41) is 28.1. The Bertz CT molecular complexity index is 702. The quantitative estimate of drug-likeness (QED) is 0.853. The minimum atomic E-state index is 0.00135. The summed E-state index contributed by atoms with van der Waals surface area (Å²) in [6.07, 6.45) is 2.03. The van der Waals surface area contributed by atoms with Crippen LogP contribution in [0, 0.1) is 22.7 Å². The van der Waals surface area contributed by atoms with Crippen LogP contribution < -0.4 is 5.32 Å². The predicted molar refractivity (Wildman–Crippen MR) is 72.0 cm³/mol. The first-order valence-corrected chi connectivity index (χ1v) is 5.96. The molecular weight excluding hydrogens is 254 g/mol. The number of aromatic nitrogens is 2. The number of anilines is 1. The number of hydrogen-bond donors (Lipinski definition) is 1. The standard InChI is InChI=1S/C14H11N5O/c1-2-13-18-19-14(20-13)11-4-3-5-12(6-11)17-9-10(7-15)8-16/h3-6,9,17H,2H2,1H3. The molecule has 0 unspecified atom stereocenters. The van der Waals surface area contributed by atoms with Crippen molar-refractivity contribution in [2.24, 2.45) is 0 Å². The number of nitrogens with one attached hydrogen (secondary N) is 1. The molecule has 6 heteroatoms. The van der Waals surface area contributed by atoms with E-state index in [0.717, 1.165) is 11.3 Å². The third-order valence-corrected chi connectivity index (χ3v) is 2.50. The van der Waals surface area contributed by atoms with Crippen LogP contribution in [-0.4, -0.2) is 10.2 Å². The molecule has 1 aromatic carbocycles. The van der Waals surface area contributed by atoms with Crippen LogP contribution in [0.5, 0.6) is 0 Å². The van der Waals surface area contributed by atoms with E-state index in [0.29, 0.717) is 18.2 Å². The minimum absolute atomic E-state index is 0.00135. The van der Waals surface area contributed by atoms with Gasteiger partial charge in [0.05, 0.1) is 0 Å². The lowest BCUT2D eigenvalue weighted by Crippen LogP contribution is -1.90. The van der Waals surface area contributed by atoms with E-state index in [-0.39, 0.29) is 5.57 Å². The van der Waals surface area contributed by atoms with Crippen LogP contribution in [0.3, 0.4) is 0 Å². The Balaban J connectivity index is 2.23. The smallest absolute Gasteiger partial charge is 0.247 e. The molecule has 0 amide bonds. The largest absolute Gasteiger partial charge is 0.421 e. The Morgan fingerprint density at radius 1 is 1.35 bits per heavy atom. The van der Waals surface area contributed by atoms with Crippen molar-refractivity contribution in [3.8, 4) is 23.6 Å². The molecule has 1 heterocycles. The Hall–Kier alpha value is -3.12. The van der Waals surface area contributed by atoms with Crippen LogP contribution in [0.1, 0.15) is 12.8 Å². The number of benzene rings is 1. The highest BCUT2D eigenvalue weighted by molar-refractivity contribution is 5.62. The molecule has 0 fully saturated rings. The van der Waals surface area contributed by atoms with Gasteiger partial charge in [-0.3, -0.25) is 0 Å². The fraction of sp³-hybridized carbons (Fsp3) is 0.143. The first-order valence-electron chi connectivity index (χ1n) is 5.96. The van der Waals surface area contributed by atoms with Gasteiger partial charge in [-0.05, 0) is 18.2 Å². The van der Waals surface area contributed by atoms with Gasteiger partial charge in [-0.15, -0.1) is 10.2 Å². The number of rotatable bonds is 4. The lowest BCUT2D eigenvalue weighted by Gasteiger charge is -2.02. The average Bonchev–Trinajstić information content (AvgIpc) is 2.97. The van der Waals surface area contributed by atoms with E-state index >= 15 is 0 Å². The molecule has 2 rings (SSSR count). The molecule has 20 heavy (non-hydrogen) atoms. The molecule has 0 aliphatic heterocycles. The highest BCUT2D eigenvalue weighted by atomic mass is 16.4. The van der Waals surface area contributed by atoms with Crippen molar-refractivity contribution in [2.45, 2.75) is 13.3 Å². The van der Waals surface area contributed by atoms with E-state index in [9.17, 15) is 0 Å². The average molecular weight is 265 g/mol. The zero-order valence-corrected chi connectivity index (χ0v) is 10.8. The third-order valence-electron chi connectivity index (χ3n) is 2.50. The maximum Gasteiger partial charge on any atom is 0.247 e. The minimum Gasteiger partial charge on any atom is -0.421 e. The molecule has 6 nitrogen and oxygen atoms in total. The monoisotopic (exact) mass is 265 g/mol. The van der Waals surface area contributed by atoms with Crippen molar-refractivity contribution in [3.63, 3.8) is 0 Å². The molecule has 98 valence electrons. The summed E-state index contributed by atoms with van der Waals surface area (Å²) in [6.45, 7) is 1.94. The van der Waals surface area contributed by atoms with E-state index in [4.69, 9.17) is 14.9 Å². The van der Waals surface area contributed by atoms with Crippen molar-refractivity contribution in [1.82, 2.24) is 10.2 Å². The summed E-state index contributed by atoms with van der Waals surface area (Å²) in [5.41, 5.74) is 1.49. The molecule has 1 aromatic heterocycles. The second-order valence-corrected chi connectivity index (χ2v) is 3.86. The summed E-state index contributed by atoms with van der Waals surface area (Å²) in [7, 11) is 0. The maximum atomic E-state index is 8.65. The molecule has 2 aromatic rings. The van der Waals surface area contributed by atoms with Crippen LogP contribution in [-0.2, 0) is 6.42 Å². The molecular formula is C14H11N5O. The zero-order valence-electron chi connectivity index (χ0n) is 10.8. The Morgan fingerprint density at radius 2 is 2.15 bits per heavy atom. The van der Waals surface area contributed by atoms with Gasteiger partial charge in [0.1, 0.15) is 17.7 Å². The zero-order chi connectivity index (χ0) is 14.4. The number of allylic oxidation sites excluding steroid dienone is 1. The van der Waals surface area contributed by atoms with Crippen LogP contribution in [0.15, 0.2) is 40.5 Å². The second kappa shape index (κ2) is 6.17. The van der Waals surface area contributed by atoms with Gasteiger partial charge in [0.25, 0.3) is 0 Å². The third kappa shape index (κ3) is 3.01. The first-order chi connectivity index (χ1) is 9.76. The normalized spacial score (nSPS) is 9.35.